The second-order valence-corrected chi connectivity index (χ2v) is 5.63. The van der Waals surface area contributed by atoms with Crippen molar-refractivity contribution in [2.75, 3.05) is 6.61 Å². The number of nitrogens with one attached hydrogen (secondary N) is 1. The van der Waals surface area contributed by atoms with Crippen molar-refractivity contribution in [2.24, 2.45) is 0 Å². The van der Waals surface area contributed by atoms with Gasteiger partial charge in [0.05, 0.1) is 24.8 Å². The van der Waals surface area contributed by atoms with Crippen LogP contribution in [0.5, 0.6) is 0 Å². The van der Waals surface area contributed by atoms with Crippen LogP contribution in [0.2, 0.25) is 0 Å². The van der Waals surface area contributed by atoms with Crippen LogP contribution in [0.4, 0.5) is 0 Å². The lowest BCUT2D eigenvalue weighted by Crippen LogP contribution is -2.51. The lowest BCUT2D eigenvalue weighted by Gasteiger charge is -2.30. The van der Waals surface area contributed by atoms with Crippen LogP contribution in [0, 0.1) is 6.92 Å². The largest absolute Gasteiger partial charge is 0.464 e. The molecule has 0 radical (unpaired) electrons. The van der Waals surface area contributed by atoms with Crippen molar-refractivity contribution >= 4 is 16.9 Å². The van der Waals surface area contributed by atoms with Gasteiger partial charge >= 0.3 is 0 Å². The Morgan fingerprint density at radius 2 is 2.05 bits per heavy atom. The van der Waals surface area contributed by atoms with E-state index in [0.29, 0.717) is 12.8 Å². The summed E-state index contributed by atoms with van der Waals surface area (Å²) in [4.78, 5) is 12.2. The highest BCUT2D eigenvalue weighted by Crippen LogP contribution is 2.23. The van der Waals surface area contributed by atoms with Crippen LogP contribution >= 0.6 is 0 Å². The third kappa shape index (κ3) is 3.27. The summed E-state index contributed by atoms with van der Waals surface area (Å²) in [5, 5.41) is 13.5. The van der Waals surface area contributed by atoms with E-state index in [1.165, 1.54) is 0 Å². The van der Waals surface area contributed by atoms with Gasteiger partial charge in [-0.05, 0) is 31.4 Å². The number of fused-ring (bicyclic) bond motifs is 1. The molecule has 0 atom stereocenters. The quantitative estimate of drug-likeness (QED) is 0.859. The maximum atomic E-state index is 12.2. The van der Waals surface area contributed by atoms with E-state index in [1.54, 1.807) is 6.26 Å². The second kappa shape index (κ2) is 6.31. The van der Waals surface area contributed by atoms with Crippen LogP contribution < -0.4 is 5.32 Å². The molecule has 21 heavy (non-hydrogen) atoms. The molecule has 0 saturated heterocycles. The van der Waals surface area contributed by atoms with E-state index in [0.717, 1.165) is 22.1 Å². The SMILES string of the molecule is CCC(CC)(CO)NC(=O)Cc1coc2cc(C)ccc12. The first-order valence-corrected chi connectivity index (χ1v) is 7.42. The number of amides is 1. The van der Waals surface area contributed by atoms with Crippen LogP contribution in [-0.4, -0.2) is 23.2 Å². The molecule has 0 unspecified atom stereocenters. The Labute approximate surface area is 125 Å². The van der Waals surface area contributed by atoms with Crippen molar-refractivity contribution in [3.8, 4) is 0 Å². The molecule has 0 aliphatic carbocycles. The zero-order valence-corrected chi connectivity index (χ0v) is 12.9. The summed E-state index contributed by atoms with van der Waals surface area (Å²) < 4.78 is 5.51. The number of aliphatic hydroxyl groups is 1. The summed E-state index contributed by atoms with van der Waals surface area (Å²) in [5.74, 6) is -0.0870. The van der Waals surface area contributed by atoms with Gasteiger partial charge in [-0.3, -0.25) is 4.79 Å². The Balaban J connectivity index is 2.15. The molecule has 1 aromatic heterocycles. The highest BCUT2D eigenvalue weighted by atomic mass is 16.3. The minimum Gasteiger partial charge on any atom is -0.464 e. The Morgan fingerprint density at radius 1 is 1.33 bits per heavy atom. The molecule has 2 rings (SSSR count). The molecule has 1 amide bonds. The van der Waals surface area contributed by atoms with Crippen molar-refractivity contribution in [3.05, 3.63) is 35.6 Å². The van der Waals surface area contributed by atoms with Gasteiger partial charge < -0.3 is 14.8 Å². The second-order valence-electron chi connectivity index (χ2n) is 5.63. The molecule has 1 heterocycles. The van der Waals surface area contributed by atoms with Crippen LogP contribution in [0.25, 0.3) is 11.0 Å². The predicted octanol–water partition coefficient (Wildman–Crippen LogP) is 2.95. The molecule has 1 aromatic carbocycles. The minimum absolute atomic E-state index is 0.0446. The Kier molecular flexibility index (Phi) is 4.68. The first kappa shape index (κ1) is 15.6. The summed E-state index contributed by atoms with van der Waals surface area (Å²) in [5.41, 5.74) is 2.29. The standard InChI is InChI=1S/C17H23NO3/c1-4-17(5-2,11-19)18-16(20)9-13-10-21-15-8-12(3)6-7-14(13)15/h6-8,10,19H,4-5,9,11H2,1-3H3,(H,18,20). The number of hydrogen-bond acceptors (Lipinski definition) is 3. The lowest BCUT2D eigenvalue weighted by molar-refractivity contribution is -0.123. The molecule has 0 spiro atoms. The molecule has 2 aromatic rings. The number of carbonyl (C=O) groups excluding carboxylic acids is 1. The Hall–Kier alpha value is -1.81. The van der Waals surface area contributed by atoms with Crippen molar-refractivity contribution in [3.63, 3.8) is 0 Å². The fourth-order valence-corrected chi connectivity index (χ4v) is 2.53. The van der Waals surface area contributed by atoms with Gasteiger partial charge in [-0.2, -0.15) is 0 Å². The van der Waals surface area contributed by atoms with Crippen molar-refractivity contribution in [2.45, 2.75) is 45.6 Å². The number of furan rings is 1. The lowest BCUT2D eigenvalue weighted by atomic mass is 9.93. The molecule has 4 nitrogen and oxygen atoms in total. The van der Waals surface area contributed by atoms with Crippen molar-refractivity contribution < 1.29 is 14.3 Å². The summed E-state index contributed by atoms with van der Waals surface area (Å²) >= 11 is 0. The van der Waals surface area contributed by atoms with Gasteiger partial charge in [-0.25, -0.2) is 0 Å². The average Bonchev–Trinajstić information content (AvgIpc) is 2.87. The Bertz CT molecular complexity index is 618. The number of aryl methyl sites for hydroxylation is 1. The molecule has 114 valence electrons. The van der Waals surface area contributed by atoms with Gasteiger partial charge in [-0.1, -0.05) is 26.0 Å². The van der Waals surface area contributed by atoms with Crippen LogP contribution in [0.1, 0.15) is 37.8 Å². The van der Waals surface area contributed by atoms with E-state index in [9.17, 15) is 9.90 Å². The van der Waals surface area contributed by atoms with Gasteiger partial charge in [0.1, 0.15) is 5.58 Å². The monoisotopic (exact) mass is 289 g/mol. The van der Waals surface area contributed by atoms with Crippen LogP contribution in [0.15, 0.2) is 28.9 Å². The van der Waals surface area contributed by atoms with Gasteiger partial charge in [0.15, 0.2) is 0 Å². The molecule has 2 N–H and O–H groups in total. The van der Waals surface area contributed by atoms with E-state index in [1.807, 2.05) is 39.0 Å². The molecular weight excluding hydrogens is 266 g/mol. The average molecular weight is 289 g/mol. The van der Waals surface area contributed by atoms with Gasteiger partial charge in [0.2, 0.25) is 5.91 Å². The normalized spacial score (nSPS) is 11.8. The smallest absolute Gasteiger partial charge is 0.225 e. The summed E-state index contributed by atoms with van der Waals surface area (Å²) in [6.45, 7) is 5.90. The van der Waals surface area contributed by atoms with Crippen molar-refractivity contribution in [1.29, 1.82) is 0 Å². The molecule has 0 aliphatic rings. The number of aliphatic hydroxyl groups excluding tert-OH is 1. The predicted molar refractivity (Wildman–Crippen MR) is 83.2 cm³/mol. The molecule has 0 fully saturated rings. The number of carbonyl (C=O) groups is 1. The van der Waals surface area contributed by atoms with Crippen LogP contribution in [0.3, 0.4) is 0 Å². The topological polar surface area (TPSA) is 62.5 Å². The number of benzene rings is 1. The van der Waals surface area contributed by atoms with E-state index < -0.39 is 5.54 Å². The maximum Gasteiger partial charge on any atom is 0.225 e. The minimum atomic E-state index is -0.521. The first-order chi connectivity index (χ1) is 10.0. The highest BCUT2D eigenvalue weighted by Gasteiger charge is 2.27. The molecular formula is C17H23NO3. The molecule has 0 aliphatic heterocycles. The zero-order chi connectivity index (χ0) is 15.5. The fourth-order valence-electron chi connectivity index (χ4n) is 2.53. The molecule has 0 bridgehead atoms. The van der Waals surface area contributed by atoms with E-state index in [-0.39, 0.29) is 18.9 Å². The first-order valence-electron chi connectivity index (χ1n) is 7.42. The fraction of sp³-hybridized carbons (Fsp3) is 0.471. The Morgan fingerprint density at radius 3 is 2.67 bits per heavy atom. The molecule has 0 saturated carbocycles. The van der Waals surface area contributed by atoms with E-state index in [2.05, 4.69) is 5.32 Å². The summed E-state index contributed by atoms with van der Waals surface area (Å²) in [6.07, 6.45) is 3.31. The summed E-state index contributed by atoms with van der Waals surface area (Å²) in [6, 6.07) is 5.96. The van der Waals surface area contributed by atoms with Crippen molar-refractivity contribution in [1.82, 2.24) is 5.32 Å². The van der Waals surface area contributed by atoms with E-state index in [4.69, 9.17) is 4.42 Å². The van der Waals surface area contributed by atoms with Crippen LogP contribution in [-0.2, 0) is 11.2 Å². The van der Waals surface area contributed by atoms with E-state index >= 15 is 0 Å². The summed E-state index contributed by atoms with van der Waals surface area (Å²) in [7, 11) is 0. The zero-order valence-electron chi connectivity index (χ0n) is 12.9. The maximum absolute atomic E-state index is 12.2. The van der Waals surface area contributed by atoms with Gasteiger partial charge in [0.25, 0.3) is 0 Å². The molecule has 4 heteroatoms. The number of hydrogen-bond donors (Lipinski definition) is 2. The number of rotatable bonds is 6. The highest BCUT2D eigenvalue weighted by molar-refractivity contribution is 5.88. The third-order valence-corrected chi connectivity index (χ3v) is 4.22. The van der Waals surface area contributed by atoms with Gasteiger partial charge in [0, 0.05) is 10.9 Å². The third-order valence-electron chi connectivity index (χ3n) is 4.22. The van der Waals surface area contributed by atoms with Gasteiger partial charge in [-0.15, -0.1) is 0 Å².